The van der Waals surface area contributed by atoms with Crippen LogP contribution in [0.1, 0.15) is 30.9 Å². The molecular formula is C17H29N3. The van der Waals surface area contributed by atoms with Gasteiger partial charge in [0.1, 0.15) is 0 Å². The van der Waals surface area contributed by atoms with Gasteiger partial charge in [-0.3, -0.25) is 0 Å². The summed E-state index contributed by atoms with van der Waals surface area (Å²) in [4.78, 5) is 4.95. The van der Waals surface area contributed by atoms with E-state index in [-0.39, 0.29) is 0 Å². The molecule has 0 unspecified atom stereocenters. The molecular weight excluding hydrogens is 246 g/mol. The molecule has 1 saturated heterocycles. The van der Waals surface area contributed by atoms with Crippen LogP contribution in [0, 0.1) is 6.92 Å². The van der Waals surface area contributed by atoms with E-state index in [1.54, 1.807) is 0 Å². The first-order chi connectivity index (χ1) is 9.70. The van der Waals surface area contributed by atoms with Crippen LogP contribution in [0.2, 0.25) is 0 Å². The van der Waals surface area contributed by atoms with E-state index in [0.717, 1.165) is 19.6 Å². The van der Waals surface area contributed by atoms with E-state index in [2.05, 4.69) is 54.2 Å². The van der Waals surface area contributed by atoms with Gasteiger partial charge in [0.25, 0.3) is 0 Å². The molecule has 1 aromatic rings. The third-order valence-electron chi connectivity index (χ3n) is 4.28. The molecule has 0 radical (unpaired) electrons. The van der Waals surface area contributed by atoms with E-state index in [4.69, 9.17) is 0 Å². The standard InChI is InChI=1S/C17H29N3/c1-4-18-14-16-7-8-17(13-15(16)2)19(3)11-12-20-9-5-6-10-20/h7-8,13,18H,4-6,9-12,14H2,1-3H3. The monoisotopic (exact) mass is 275 g/mol. The van der Waals surface area contributed by atoms with E-state index in [1.807, 2.05) is 0 Å². The quantitative estimate of drug-likeness (QED) is 0.825. The molecule has 1 fully saturated rings. The van der Waals surface area contributed by atoms with Gasteiger partial charge in [-0.25, -0.2) is 0 Å². The summed E-state index contributed by atoms with van der Waals surface area (Å²) in [5, 5.41) is 3.40. The predicted molar refractivity (Wildman–Crippen MR) is 87.5 cm³/mol. The van der Waals surface area contributed by atoms with Crippen molar-refractivity contribution in [1.82, 2.24) is 10.2 Å². The van der Waals surface area contributed by atoms with Crippen LogP contribution in [-0.4, -0.2) is 44.7 Å². The van der Waals surface area contributed by atoms with Crippen molar-refractivity contribution in [2.24, 2.45) is 0 Å². The predicted octanol–water partition coefficient (Wildman–Crippen LogP) is 2.64. The molecule has 1 heterocycles. The van der Waals surface area contributed by atoms with Gasteiger partial charge in [-0.1, -0.05) is 13.0 Å². The second-order valence-electron chi connectivity index (χ2n) is 5.86. The van der Waals surface area contributed by atoms with Crippen molar-refractivity contribution in [2.75, 3.05) is 44.7 Å². The molecule has 1 N–H and O–H groups in total. The van der Waals surface area contributed by atoms with Gasteiger partial charge >= 0.3 is 0 Å². The van der Waals surface area contributed by atoms with E-state index < -0.39 is 0 Å². The van der Waals surface area contributed by atoms with Crippen LogP contribution in [0.15, 0.2) is 18.2 Å². The van der Waals surface area contributed by atoms with Crippen molar-refractivity contribution in [3.63, 3.8) is 0 Å². The molecule has 0 spiro atoms. The molecule has 0 aliphatic carbocycles. The Morgan fingerprint density at radius 1 is 1.25 bits per heavy atom. The van der Waals surface area contributed by atoms with Crippen molar-refractivity contribution < 1.29 is 0 Å². The fourth-order valence-corrected chi connectivity index (χ4v) is 2.80. The van der Waals surface area contributed by atoms with E-state index in [0.29, 0.717) is 0 Å². The summed E-state index contributed by atoms with van der Waals surface area (Å²) in [5.74, 6) is 0. The summed E-state index contributed by atoms with van der Waals surface area (Å²) in [7, 11) is 2.20. The summed E-state index contributed by atoms with van der Waals surface area (Å²) in [5.41, 5.74) is 4.13. The minimum absolute atomic E-state index is 0.972. The summed E-state index contributed by atoms with van der Waals surface area (Å²) in [6.07, 6.45) is 2.75. The molecule has 1 aliphatic heterocycles. The molecule has 0 bridgehead atoms. The van der Waals surface area contributed by atoms with Crippen molar-refractivity contribution in [3.8, 4) is 0 Å². The molecule has 0 aromatic heterocycles. The zero-order valence-electron chi connectivity index (χ0n) is 13.3. The third kappa shape index (κ3) is 4.22. The van der Waals surface area contributed by atoms with Gasteiger partial charge in [-0.15, -0.1) is 0 Å². The average molecular weight is 275 g/mol. The lowest BCUT2D eigenvalue weighted by atomic mass is 10.1. The fraction of sp³-hybridized carbons (Fsp3) is 0.647. The zero-order valence-corrected chi connectivity index (χ0v) is 13.3. The first-order valence-electron chi connectivity index (χ1n) is 7.94. The van der Waals surface area contributed by atoms with Gasteiger partial charge < -0.3 is 15.1 Å². The lowest BCUT2D eigenvalue weighted by Crippen LogP contribution is -2.31. The fourth-order valence-electron chi connectivity index (χ4n) is 2.80. The number of likely N-dealkylation sites (N-methyl/N-ethyl adjacent to an activating group) is 1. The molecule has 112 valence electrons. The van der Waals surface area contributed by atoms with Gasteiger partial charge in [-0.05, 0) is 62.7 Å². The largest absolute Gasteiger partial charge is 0.373 e. The Hall–Kier alpha value is -1.06. The molecule has 1 aliphatic rings. The van der Waals surface area contributed by atoms with Crippen LogP contribution in [0.3, 0.4) is 0 Å². The maximum atomic E-state index is 3.40. The van der Waals surface area contributed by atoms with Crippen molar-refractivity contribution >= 4 is 5.69 Å². The SMILES string of the molecule is CCNCc1ccc(N(C)CCN2CCCC2)cc1C. The Morgan fingerprint density at radius 3 is 2.65 bits per heavy atom. The van der Waals surface area contributed by atoms with Crippen LogP contribution in [0.5, 0.6) is 0 Å². The summed E-state index contributed by atoms with van der Waals surface area (Å²) in [6, 6.07) is 6.83. The minimum atomic E-state index is 0.972. The first kappa shape index (κ1) is 15.3. The van der Waals surface area contributed by atoms with E-state index in [9.17, 15) is 0 Å². The van der Waals surface area contributed by atoms with Crippen LogP contribution in [0.25, 0.3) is 0 Å². The molecule has 20 heavy (non-hydrogen) atoms. The molecule has 2 rings (SSSR count). The van der Waals surface area contributed by atoms with Crippen LogP contribution in [-0.2, 0) is 6.54 Å². The highest BCUT2D eigenvalue weighted by molar-refractivity contribution is 5.50. The number of aryl methyl sites for hydroxylation is 1. The molecule has 0 saturated carbocycles. The first-order valence-corrected chi connectivity index (χ1v) is 7.94. The molecule has 1 aromatic carbocycles. The number of benzene rings is 1. The van der Waals surface area contributed by atoms with Gasteiger partial charge in [0.05, 0.1) is 0 Å². The maximum Gasteiger partial charge on any atom is 0.0366 e. The highest BCUT2D eigenvalue weighted by atomic mass is 15.2. The normalized spacial score (nSPS) is 15.8. The molecule has 0 atom stereocenters. The highest BCUT2D eigenvalue weighted by Gasteiger charge is 2.12. The van der Waals surface area contributed by atoms with Gasteiger partial charge in [0.2, 0.25) is 0 Å². The van der Waals surface area contributed by atoms with Gasteiger partial charge in [0.15, 0.2) is 0 Å². The van der Waals surface area contributed by atoms with Gasteiger partial charge in [-0.2, -0.15) is 0 Å². The van der Waals surface area contributed by atoms with Crippen LogP contribution >= 0.6 is 0 Å². The highest BCUT2D eigenvalue weighted by Crippen LogP contribution is 2.18. The second-order valence-corrected chi connectivity index (χ2v) is 5.86. The Labute approximate surface area is 124 Å². The number of anilines is 1. The van der Waals surface area contributed by atoms with Crippen LogP contribution < -0.4 is 10.2 Å². The van der Waals surface area contributed by atoms with Crippen molar-refractivity contribution in [2.45, 2.75) is 33.2 Å². The van der Waals surface area contributed by atoms with Crippen molar-refractivity contribution in [1.29, 1.82) is 0 Å². The lowest BCUT2D eigenvalue weighted by molar-refractivity contribution is 0.346. The third-order valence-corrected chi connectivity index (χ3v) is 4.28. The number of rotatable bonds is 7. The lowest BCUT2D eigenvalue weighted by Gasteiger charge is -2.24. The number of nitrogens with one attached hydrogen (secondary N) is 1. The zero-order chi connectivity index (χ0) is 14.4. The van der Waals surface area contributed by atoms with Crippen molar-refractivity contribution in [3.05, 3.63) is 29.3 Å². The number of nitrogens with zero attached hydrogens (tertiary/aromatic N) is 2. The number of hydrogen-bond donors (Lipinski definition) is 1. The minimum Gasteiger partial charge on any atom is -0.373 e. The molecule has 3 nitrogen and oxygen atoms in total. The summed E-state index contributed by atoms with van der Waals surface area (Å²) < 4.78 is 0. The summed E-state index contributed by atoms with van der Waals surface area (Å²) >= 11 is 0. The smallest absolute Gasteiger partial charge is 0.0366 e. The average Bonchev–Trinajstić information content (AvgIpc) is 2.96. The number of hydrogen-bond acceptors (Lipinski definition) is 3. The van der Waals surface area contributed by atoms with E-state index in [1.165, 1.54) is 49.3 Å². The maximum absolute atomic E-state index is 3.40. The second kappa shape index (κ2) is 7.65. The summed E-state index contributed by atoms with van der Waals surface area (Å²) in [6.45, 7) is 11.2. The van der Waals surface area contributed by atoms with Gasteiger partial charge in [0, 0.05) is 32.4 Å². The van der Waals surface area contributed by atoms with E-state index >= 15 is 0 Å². The Balaban J connectivity index is 1.88. The Morgan fingerprint density at radius 2 is 2.00 bits per heavy atom. The topological polar surface area (TPSA) is 18.5 Å². The number of likely N-dealkylation sites (tertiary alicyclic amines) is 1. The Kier molecular flexibility index (Phi) is 5.86. The van der Waals surface area contributed by atoms with Crippen LogP contribution in [0.4, 0.5) is 5.69 Å². The Bertz CT molecular complexity index is 411. The molecule has 3 heteroatoms. The molecule has 0 amide bonds.